The largest absolute Gasteiger partial charge is 0.501 e. The van der Waals surface area contributed by atoms with Crippen LogP contribution in [0.1, 0.15) is 56.6 Å². The normalized spacial score (nSPS) is 13.4. The van der Waals surface area contributed by atoms with E-state index in [1.165, 1.54) is 57.8 Å². The summed E-state index contributed by atoms with van der Waals surface area (Å²) in [6, 6.07) is 51.6. The van der Waals surface area contributed by atoms with Crippen LogP contribution in [0, 0.1) is 18.1 Å². The van der Waals surface area contributed by atoms with Crippen LogP contribution in [0.2, 0.25) is 19.6 Å². The van der Waals surface area contributed by atoms with Crippen LogP contribution in [0.4, 0.5) is 0 Å². The summed E-state index contributed by atoms with van der Waals surface area (Å²) in [7, 11) is -1.37. The fourth-order valence-electron chi connectivity index (χ4n) is 9.13. The van der Waals surface area contributed by atoms with E-state index < -0.39 is 8.07 Å². The standard InChI is InChI=1S/C31H17N2OS.C23H32NSi.Ir/c1-5-14-27-20(8-1)22-10-7-11-23(30(22)34-27)31-32-25-12-3-4-13-26(25)33(31)19-16-17-29-24(18-19)21-9-2-6-15-28(21)35-29;1-17(2)19-10-12-20(13-11-19)22-15-21(14-18-8-6-7-9-18)23(16-24-22)25(3,4)5;/h1-10,12-18H;10-12,15-18H,6-9,14H2,1-5H3;/q2*-1;. The molecule has 1 saturated carbocycles. The van der Waals surface area contributed by atoms with E-state index in [2.05, 4.69) is 153 Å². The smallest absolute Gasteiger partial charge is 0.120 e. The first-order chi connectivity index (χ1) is 29.2. The van der Waals surface area contributed by atoms with E-state index >= 15 is 0 Å². The van der Waals surface area contributed by atoms with Gasteiger partial charge in [-0.1, -0.05) is 136 Å². The molecule has 0 N–H and O–H groups in total. The third-order valence-electron chi connectivity index (χ3n) is 12.3. The molecule has 0 unspecified atom stereocenters. The molecule has 1 radical (unpaired) electrons. The molecule has 7 heteroatoms. The summed E-state index contributed by atoms with van der Waals surface area (Å²) in [5.41, 5.74) is 10.7. The summed E-state index contributed by atoms with van der Waals surface area (Å²) in [5.74, 6) is 2.25. The number of fused-ring (bicyclic) bond motifs is 7. The molecule has 1 fully saturated rings. The quantitative estimate of drug-likeness (QED) is 0.118. The average molecular weight is 1010 g/mol. The van der Waals surface area contributed by atoms with E-state index in [0.29, 0.717) is 5.92 Å². The predicted molar refractivity (Wildman–Crippen MR) is 257 cm³/mol. The van der Waals surface area contributed by atoms with Crippen molar-refractivity contribution in [1.82, 2.24) is 14.5 Å². The van der Waals surface area contributed by atoms with Crippen LogP contribution in [0.25, 0.3) is 81.5 Å². The second kappa shape index (κ2) is 16.9. The zero-order valence-electron chi connectivity index (χ0n) is 35.4. The molecule has 1 aliphatic rings. The molecule has 61 heavy (non-hydrogen) atoms. The van der Waals surface area contributed by atoms with Gasteiger partial charge in [0.25, 0.3) is 0 Å². The van der Waals surface area contributed by atoms with Gasteiger partial charge in [-0.15, -0.1) is 64.9 Å². The van der Waals surface area contributed by atoms with Gasteiger partial charge < -0.3 is 14.0 Å². The Hall–Kier alpha value is -5.17. The van der Waals surface area contributed by atoms with Gasteiger partial charge in [-0.2, -0.15) is 0 Å². The number of aromatic nitrogens is 3. The van der Waals surface area contributed by atoms with Crippen LogP contribution in [-0.4, -0.2) is 22.6 Å². The maximum atomic E-state index is 6.36. The van der Waals surface area contributed by atoms with Gasteiger partial charge in [-0.3, -0.25) is 4.98 Å². The van der Waals surface area contributed by atoms with Crippen LogP contribution >= 0.6 is 11.3 Å². The number of thiophene rings is 1. The van der Waals surface area contributed by atoms with Gasteiger partial charge in [-0.05, 0) is 65.7 Å². The number of imidazole rings is 1. The first-order valence-corrected chi connectivity index (χ1v) is 25.7. The Bertz CT molecular complexity index is 3160. The van der Waals surface area contributed by atoms with Crippen molar-refractivity contribution in [3.05, 3.63) is 157 Å². The Balaban J connectivity index is 0.000000163. The van der Waals surface area contributed by atoms with Crippen LogP contribution in [-0.2, 0) is 26.5 Å². The number of furan rings is 1. The molecule has 0 atom stereocenters. The molecule has 307 valence electrons. The number of nitrogens with zero attached hydrogens (tertiary/aromatic N) is 3. The molecule has 6 aromatic carbocycles. The summed E-state index contributed by atoms with van der Waals surface area (Å²) in [5, 5.41) is 6.27. The van der Waals surface area contributed by atoms with Crippen molar-refractivity contribution in [3.8, 4) is 28.3 Å². The van der Waals surface area contributed by atoms with Gasteiger partial charge in [0, 0.05) is 57.5 Å². The minimum absolute atomic E-state index is 0. The van der Waals surface area contributed by atoms with Crippen LogP contribution < -0.4 is 5.19 Å². The zero-order chi connectivity index (χ0) is 41.0. The van der Waals surface area contributed by atoms with Gasteiger partial charge in [0.05, 0.1) is 30.5 Å². The Morgan fingerprint density at radius 1 is 0.787 bits per heavy atom. The minimum Gasteiger partial charge on any atom is -0.501 e. The molecule has 0 saturated heterocycles. The van der Waals surface area contributed by atoms with E-state index in [9.17, 15) is 0 Å². The van der Waals surface area contributed by atoms with Crippen LogP contribution in [0.3, 0.4) is 0 Å². The number of hydrogen-bond acceptors (Lipinski definition) is 4. The molecule has 4 heterocycles. The zero-order valence-corrected chi connectivity index (χ0v) is 39.6. The number of para-hydroxylation sites is 3. The number of hydrogen-bond donors (Lipinski definition) is 0. The molecule has 0 amide bonds. The number of pyridine rings is 1. The van der Waals surface area contributed by atoms with Gasteiger partial charge in [0.1, 0.15) is 5.58 Å². The van der Waals surface area contributed by atoms with Crippen LogP contribution in [0.15, 0.2) is 138 Å². The Labute approximate surface area is 377 Å². The van der Waals surface area contributed by atoms with Gasteiger partial charge in [0.2, 0.25) is 0 Å². The molecule has 11 rings (SSSR count). The van der Waals surface area contributed by atoms with Crippen molar-refractivity contribution < 1.29 is 24.5 Å². The molecular weight excluding hydrogens is 959 g/mol. The average Bonchev–Trinajstić information content (AvgIpc) is 4.07. The van der Waals surface area contributed by atoms with Crippen LogP contribution in [0.5, 0.6) is 0 Å². The molecule has 0 spiro atoms. The van der Waals surface area contributed by atoms with Gasteiger partial charge >= 0.3 is 0 Å². The molecule has 0 aliphatic heterocycles. The third-order valence-corrected chi connectivity index (χ3v) is 15.5. The Morgan fingerprint density at radius 3 is 2.33 bits per heavy atom. The fraction of sp³-hybridized carbons (Fsp3) is 0.222. The second-order valence-corrected chi connectivity index (χ2v) is 23.9. The topological polar surface area (TPSA) is 43.9 Å². The minimum atomic E-state index is -1.37. The maximum absolute atomic E-state index is 6.36. The van der Waals surface area contributed by atoms with Crippen molar-refractivity contribution in [1.29, 1.82) is 0 Å². The van der Waals surface area contributed by atoms with Gasteiger partial charge in [-0.25, -0.2) is 0 Å². The summed E-state index contributed by atoms with van der Waals surface area (Å²) >= 11 is 1.83. The first-order valence-electron chi connectivity index (χ1n) is 21.4. The molecule has 4 nitrogen and oxygen atoms in total. The molecule has 0 bridgehead atoms. The van der Waals surface area contributed by atoms with E-state index in [1.807, 2.05) is 41.7 Å². The molecule has 10 aromatic rings. The van der Waals surface area contributed by atoms with E-state index in [4.69, 9.17) is 14.4 Å². The van der Waals surface area contributed by atoms with E-state index in [-0.39, 0.29) is 20.1 Å². The SMILES string of the molecule is CC(C)c1c[c-]c(-c2cc(CC3CCCC3)c([Si](C)(C)C)cn2)cc1.[Ir].[c-]1ccc2c(oc3ccccc32)c1-c1nc2ccccc2n1-c1ccc2sc3ccccc3c2c1. The van der Waals surface area contributed by atoms with Gasteiger partial charge in [0.15, 0.2) is 0 Å². The summed E-state index contributed by atoms with van der Waals surface area (Å²) in [6.45, 7) is 11.8. The maximum Gasteiger partial charge on any atom is 0.120 e. The number of benzene rings is 6. The number of rotatable bonds is 7. The predicted octanol–water partition coefficient (Wildman–Crippen LogP) is 14.7. The van der Waals surface area contributed by atoms with Crippen molar-refractivity contribution in [3.63, 3.8) is 0 Å². The summed E-state index contributed by atoms with van der Waals surface area (Å²) in [4.78, 5) is 9.91. The van der Waals surface area contributed by atoms with E-state index in [0.717, 1.165) is 67.2 Å². The summed E-state index contributed by atoms with van der Waals surface area (Å²) < 4.78 is 11.2. The molecular formula is C54H49IrN3OSSi-2. The van der Waals surface area contributed by atoms with Crippen molar-refractivity contribution >= 4 is 77.7 Å². The Kier molecular flexibility index (Phi) is 11.4. The van der Waals surface area contributed by atoms with Crippen molar-refractivity contribution in [2.75, 3.05) is 0 Å². The Morgan fingerprint density at radius 2 is 1.54 bits per heavy atom. The van der Waals surface area contributed by atoms with Crippen molar-refractivity contribution in [2.45, 2.75) is 71.5 Å². The first kappa shape index (κ1) is 41.2. The second-order valence-electron chi connectivity index (χ2n) is 17.8. The summed E-state index contributed by atoms with van der Waals surface area (Å²) in [6.07, 6.45) is 9.04. The third kappa shape index (κ3) is 7.94. The monoisotopic (exact) mass is 1010 g/mol. The fourth-order valence-corrected chi connectivity index (χ4v) is 11.8. The van der Waals surface area contributed by atoms with Crippen molar-refractivity contribution in [2.24, 2.45) is 5.92 Å². The van der Waals surface area contributed by atoms with E-state index in [1.54, 1.807) is 10.8 Å². The molecule has 1 aliphatic carbocycles. The molecule has 4 aromatic heterocycles.